The summed E-state index contributed by atoms with van der Waals surface area (Å²) < 4.78 is 5.95. The summed E-state index contributed by atoms with van der Waals surface area (Å²) in [7, 11) is 0. The Kier molecular flexibility index (Phi) is 7.41. The average molecular weight is 441 g/mol. The van der Waals surface area contributed by atoms with Crippen LogP contribution in [0.3, 0.4) is 0 Å². The summed E-state index contributed by atoms with van der Waals surface area (Å²) in [6.07, 6.45) is 0.0952. The van der Waals surface area contributed by atoms with Gasteiger partial charge in [-0.25, -0.2) is 0 Å². The molecule has 1 atom stereocenters. The van der Waals surface area contributed by atoms with E-state index < -0.39 is 6.10 Å². The standard InChI is InChI=1S/C25H36N4O3/c1-24(2,3)17-7-9-19(10-8-17)32-22-12-11-20-21(13-14-26-23(20)28-22)29-31-16-18(30)15-27-25(4,5)6/h7-12,18,27,30H,13-16H2,1-6H3,(H,26,28)/b29-21+. The first-order valence-electron chi connectivity index (χ1n) is 11.2. The molecule has 32 heavy (non-hydrogen) atoms. The number of ether oxygens (including phenoxy) is 1. The second-order valence-electron chi connectivity index (χ2n) is 10.2. The number of nitrogens with zero attached hydrogens (tertiary/aromatic N) is 2. The molecule has 2 aromatic rings. The van der Waals surface area contributed by atoms with Crippen LogP contribution in [0.1, 0.15) is 59.1 Å². The minimum Gasteiger partial charge on any atom is -0.439 e. The van der Waals surface area contributed by atoms with Gasteiger partial charge in [-0.3, -0.25) is 0 Å². The quantitative estimate of drug-likeness (QED) is 0.551. The Morgan fingerprint density at radius 1 is 1.09 bits per heavy atom. The van der Waals surface area contributed by atoms with E-state index in [0.717, 1.165) is 29.3 Å². The van der Waals surface area contributed by atoms with Crippen LogP contribution in [0.5, 0.6) is 11.6 Å². The Balaban J connectivity index is 1.62. The minimum atomic E-state index is -0.627. The zero-order valence-electron chi connectivity index (χ0n) is 20.0. The second-order valence-corrected chi connectivity index (χ2v) is 10.2. The fraction of sp³-hybridized carbons (Fsp3) is 0.520. The van der Waals surface area contributed by atoms with Crippen molar-refractivity contribution in [3.63, 3.8) is 0 Å². The molecular weight excluding hydrogens is 404 g/mol. The SMILES string of the molecule is CC(C)(C)NCC(O)CO/N=C1\CCNc2nc(Oc3ccc(C(C)(C)C)cc3)ccc21. The monoisotopic (exact) mass is 440 g/mol. The van der Waals surface area contributed by atoms with Crippen molar-refractivity contribution in [3.8, 4) is 11.6 Å². The first kappa shape index (κ1) is 24.0. The number of benzene rings is 1. The molecule has 7 heteroatoms. The molecule has 1 aliphatic rings. The van der Waals surface area contributed by atoms with Crippen molar-refractivity contribution in [2.45, 2.75) is 65.0 Å². The van der Waals surface area contributed by atoms with E-state index in [1.165, 1.54) is 5.56 Å². The smallest absolute Gasteiger partial charge is 0.221 e. The van der Waals surface area contributed by atoms with E-state index in [4.69, 9.17) is 9.57 Å². The predicted molar refractivity (Wildman–Crippen MR) is 129 cm³/mol. The zero-order chi connectivity index (χ0) is 23.4. The predicted octanol–water partition coefficient (Wildman–Crippen LogP) is 4.46. The lowest BCUT2D eigenvalue weighted by Crippen LogP contribution is -2.42. The Bertz CT molecular complexity index is 928. The molecule has 3 rings (SSSR count). The van der Waals surface area contributed by atoms with Crippen LogP contribution in [0.2, 0.25) is 0 Å². The van der Waals surface area contributed by atoms with Crippen molar-refractivity contribution in [1.29, 1.82) is 0 Å². The highest BCUT2D eigenvalue weighted by molar-refractivity contribution is 6.05. The topological polar surface area (TPSA) is 88.0 Å². The molecule has 0 radical (unpaired) electrons. The van der Waals surface area contributed by atoms with Crippen molar-refractivity contribution >= 4 is 11.5 Å². The van der Waals surface area contributed by atoms with Gasteiger partial charge in [-0.2, -0.15) is 4.98 Å². The third-order valence-electron chi connectivity index (χ3n) is 5.09. The Labute approximate surface area is 191 Å². The molecule has 174 valence electrons. The molecule has 1 aliphatic heterocycles. The summed E-state index contributed by atoms with van der Waals surface area (Å²) in [5, 5.41) is 20.9. The van der Waals surface area contributed by atoms with Crippen LogP contribution in [-0.4, -0.2) is 47.1 Å². The zero-order valence-corrected chi connectivity index (χ0v) is 20.0. The maximum atomic E-state index is 10.1. The van der Waals surface area contributed by atoms with Crippen molar-refractivity contribution in [2.24, 2.45) is 5.16 Å². The lowest BCUT2D eigenvalue weighted by molar-refractivity contribution is 0.0371. The van der Waals surface area contributed by atoms with E-state index in [1.807, 2.05) is 24.3 Å². The summed E-state index contributed by atoms with van der Waals surface area (Å²) in [4.78, 5) is 10.0. The summed E-state index contributed by atoms with van der Waals surface area (Å²) >= 11 is 0. The number of rotatable bonds is 7. The van der Waals surface area contributed by atoms with Crippen LogP contribution in [0.4, 0.5) is 5.82 Å². The summed E-state index contributed by atoms with van der Waals surface area (Å²) in [5.41, 5.74) is 2.99. The molecule has 1 unspecified atom stereocenters. The maximum absolute atomic E-state index is 10.1. The number of pyridine rings is 1. The molecule has 0 fully saturated rings. The lowest BCUT2D eigenvalue weighted by atomic mass is 9.87. The summed E-state index contributed by atoms with van der Waals surface area (Å²) in [6, 6.07) is 11.9. The van der Waals surface area contributed by atoms with Gasteiger partial charge in [0.2, 0.25) is 5.88 Å². The van der Waals surface area contributed by atoms with Gasteiger partial charge >= 0.3 is 0 Å². The number of fused-ring (bicyclic) bond motifs is 1. The molecule has 1 aromatic heterocycles. The molecular formula is C25H36N4O3. The van der Waals surface area contributed by atoms with Crippen molar-refractivity contribution < 1.29 is 14.7 Å². The highest BCUT2D eigenvalue weighted by Gasteiger charge is 2.19. The normalized spacial score (nSPS) is 16.3. The number of anilines is 1. The van der Waals surface area contributed by atoms with Gasteiger partial charge in [-0.1, -0.05) is 38.1 Å². The number of β-amino-alcohol motifs (C(OH)–C–C–N with tert-alkyl or cyclic N) is 1. The van der Waals surface area contributed by atoms with Gasteiger partial charge in [0.05, 0.1) is 5.71 Å². The molecule has 0 aliphatic carbocycles. The van der Waals surface area contributed by atoms with Crippen LogP contribution in [-0.2, 0) is 10.3 Å². The van der Waals surface area contributed by atoms with Gasteiger partial charge in [0, 0.05) is 36.7 Å². The van der Waals surface area contributed by atoms with Crippen LogP contribution in [0.25, 0.3) is 0 Å². The van der Waals surface area contributed by atoms with Crippen molar-refractivity contribution in [2.75, 3.05) is 25.0 Å². The number of aliphatic hydroxyl groups is 1. The summed E-state index contributed by atoms with van der Waals surface area (Å²) in [5.74, 6) is 1.99. The van der Waals surface area contributed by atoms with E-state index in [9.17, 15) is 5.11 Å². The molecule has 7 nitrogen and oxygen atoms in total. The first-order chi connectivity index (χ1) is 15.0. The summed E-state index contributed by atoms with van der Waals surface area (Å²) in [6.45, 7) is 14.0. The number of nitrogens with one attached hydrogen (secondary N) is 2. The van der Waals surface area contributed by atoms with Gasteiger partial charge in [0.15, 0.2) is 0 Å². The Morgan fingerprint density at radius 2 is 1.81 bits per heavy atom. The highest BCUT2D eigenvalue weighted by Crippen LogP contribution is 2.29. The number of aliphatic hydroxyl groups excluding tert-OH is 1. The van der Waals surface area contributed by atoms with Crippen LogP contribution >= 0.6 is 0 Å². The first-order valence-corrected chi connectivity index (χ1v) is 11.2. The molecule has 0 bridgehead atoms. The fourth-order valence-electron chi connectivity index (χ4n) is 3.22. The van der Waals surface area contributed by atoms with Gasteiger partial charge in [-0.05, 0) is 49.9 Å². The van der Waals surface area contributed by atoms with Crippen LogP contribution < -0.4 is 15.4 Å². The van der Waals surface area contributed by atoms with Crippen molar-refractivity contribution in [3.05, 3.63) is 47.5 Å². The van der Waals surface area contributed by atoms with E-state index in [2.05, 4.69) is 74.4 Å². The number of aromatic nitrogens is 1. The highest BCUT2D eigenvalue weighted by atomic mass is 16.6. The molecule has 0 saturated heterocycles. The fourth-order valence-corrected chi connectivity index (χ4v) is 3.22. The molecule has 0 spiro atoms. The second kappa shape index (κ2) is 9.88. The van der Waals surface area contributed by atoms with Crippen LogP contribution in [0, 0.1) is 0 Å². The van der Waals surface area contributed by atoms with Crippen molar-refractivity contribution in [1.82, 2.24) is 10.3 Å². The van der Waals surface area contributed by atoms with E-state index >= 15 is 0 Å². The molecule has 2 heterocycles. The van der Waals surface area contributed by atoms with Gasteiger partial charge < -0.3 is 25.3 Å². The van der Waals surface area contributed by atoms with E-state index in [0.29, 0.717) is 19.0 Å². The minimum absolute atomic E-state index is 0.0546. The number of hydrogen-bond donors (Lipinski definition) is 3. The largest absolute Gasteiger partial charge is 0.439 e. The molecule has 0 saturated carbocycles. The number of oxime groups is 1. The molecule has 3 N–H and O–H groups in total. The van der Waals surface area contributed by atoms with Crippen LogP contribution in [0.15, 0.2) is 41.6 Å². The third-order valence-corrected chi connectivity index (χ3v) is 5.09. The number of hydrogen-bond acceptors (Lipinski definition) is 7. The van der Waals surface area contributed by atoms with Gasteiger partial charge in [0.1, 0.15) is 24.3 Å². The molecule has 1 aromatic carbocycles. The van der Waals surface area contributed by atoms with Gasteiger partial charge in [0.25, 0.3) is 0 Å². The maximum Gasteiger partial charge on any atom is 0.221 e. The van der Waals surface area contributed by atoms with E-state index in [1.54, 1.807) is 0 Å². The van der Waals surface area contributed by atoms with E-state index in [-0.39, 0.29) is 17.6 Å². The Hall–Kier alpha value is -2.64. The molecule has 0 amide bonds. The lowest BCUT2D eigenvalue weighted by Gasteiger charge is -2.22. The van der Waals surface area contributed by atoms with Gasteiger partial charge in [-0.15, -0.1) is 0 Å². The average Bonchev–Trinajstić information content (AvgIpc) is 2.71. The Morgan fingerprint density at radius 3 is 2.47 bits per heavy atom. The third kappa shape index (κ3) is 6.93.